The van der Waals surface area contributed by atoms with E-state index in [1.807, 2.05) is 6.07 Å². The molecule has 0 radical (unpaired) electrons. The van der Waals surface area contributed by atoms with Crippen molar-refractivity contribution in [1.29, 1.82) is 0 Å². The van der Waals surface area contributed by atoms with Gasteiger partial charge in [0.2, 0.25) is 6.29 Å². The number of hydrogen-bond donors (Lipinski definition) is 2. The summed E-state index contributed by atoms with van der Waals surface area (Å²) in [4.78, 5) is 0. The Morgan fingerprint density at radius 2 is 1.77 bits per heavy atom. The standard InChI is InChI=1S/C10H14O3/c1-10(2,12)9(11)13-8-6-4-3-5-7-8/h3-7,9,11-12H,1-2H3. The molecule has 0 spiro atoms. The molecule has 0 aliphatic rings. The molecule has 0 saturated heterocycles. The first-order valence-corrected chi connectivity index (χ1v) is 4.12. The highest BCUT2D eigenvalue weighted by Gasteiger charge is 2.26. The van der Waals surface area contributed by atoms with Crippen molar-refractivity contribution in [2.75, 3.05) is 0 Å². The molecule has 1 unspecified atom stereocenters. The van der Waals surface area contributed by atoms with Gasteiger partial charge in [-0.25, -0.2) is 0 Å². The number of hydrogen-bond acceptors (Lipinski definition) is 3. The molecule has 0 aliphatic heterocycles. The molecule has 13 heavy (non-hydrogen) atoms. The zero-order valence-electron chi connectivity index (χ0n) is 7.77. The van der Waals surface area contributed by atoms with Gasteiger partial charge in [0.25, 0.3) is 0 Å². The average molecular weight is 182 g/mol. The third-order valence-electron chi connectivity index (χ3n) is 1.60. The van der Waals surface area contributed by atoms with Crippen LogP contribution in [0.15, 0.2) is 30.3 Å². The number of aliphatic hydroxyl groups is 2. The first kappa shape index (κ1) is 10.0. The minimum Gasteiger partial charge on any atom is -0.462 e. The Kier molecular flexibility index (Phi) is 2.90. The van der Waals surface area contributed by atoms with E-state index in [2.05, 4.69) is 0 Å². The highest BCUT2D eigenvalue weighted by atomic mass is 16.6. The van der Waals surface area contributed by atoms with Crippen molar-refractivity contribution in [2.24, 2.45) is 0 Å². The molecule has 1 aromatic rings. The Bertz CT molecular complexity index is 251. The van der Waals surface area contributed by atoms with Gasteiger partial charge in [-0.15, -0.1) is 0 Å². The van der Waals surface area contributed by atoms with Crippen molar-refractivity contribution in [1.82, 2.24) is 0 Å². The molecule has 3 nitrogen and oxygen atoms in total. The summed E-state index contributed by atoms with van der Waals surface area (Å²) >= 11 is 0. The maximum atomic E-state index is 9.37. The van der Waals surface area contributed by atoms with E-state index >= 15 is 0 Å². The van der Waals surface area contributed by atoms with Crippen molar-refractivity contribution >= 4 is 0 Å². The normalized spacial score (nSPS) is 13.8. The fourth-order valence-corrected chi connectivity index (χ4v) is 0.772. The zero-order valence-corrected chi connectivity index (χ0v) is 7.77. The lowest BCUT2D eigenvalue weighted by Crippen LogP contribution is -2.40. The SMILES string of the molecule is CC(C)(O)C(O)Oc1ccccc1. The molecule has 72 valence electrons. The van der Waals surface area contributed by atoms with Crippen LogP contribution in [0.2, 0.25) is 0 Å². The molecule has 0 fully saturated rings. The zero-order chi connectivity index (χ0) is 9.90. The maximum absolute atomic E-state index is 9.37. The second kappa shape index (κ2) is 3.77. The topological polar surface area (TPSA) is 49.7 Å². The van der Waals surface area contributed by atoms with Crippen LogP contribution in [0, 0.1) is 0 Å². The molecule has 0 bridgehead atoms. The maximum Gasteiger partial charge on any atom is 0.225 e. The number of rotatable bonds is 3. The quantitative estimate of drug-likeness (QED) is 0.689. The highest BCUT2D eigenvalue weighted by Crippen LogP contribution is 2.15. The Balaban J connectivity index is 2.61. The first-order chi connectivity index (χ1) is 6.00. The monoisotopic (exact) mass is 182 g/mol. The van der Waals surface area contributed by atoms with Crippen LogP contribution in [0.5, 0.6) is 5.75 Å². The van der Waals surface area contributed by atoms with Gasteiger partial charge in [-0.1, -0.05) is 18.2 Å². The Hall–Kier alpha value is -1.06. The van der Waals surface area contributed by atoms with Gasteiger partial charge < -0.3 is 14.9 Å². The van der Waals surface area contributed by atoms with Crippen LogP contribution in [0.4, 0.5) is 0 Å². The number of para-hydroxylation sites is 1. The summed E-state index contributed by atoms with van der Waals surface area (Å²) in [6.07, 6.45) is -1.21. The molecule has 0 saturated carbocycles. The van der Waals surface area contributed by atoms with Gasteiger partial charge in [-0.05, 0) is 26.0 Å². The van der Waals surface area contributed by atoms with Crippen molar-refractivity contribution < 1.29 is 14.9 Å². The van der Waals surface area contributed by atoms with Crippen LogP contribution in [0.3, 0.4) is 0 Å². The van der Waals surface area contributed by atoms with E-state index in [0.717, 1.165) is 0 Å². The van der Waals surface area contributed by atoms with Crippen LogP contribution >= 0.6 is 0 Å². The highest BCUT2D eigenvalue weighted by molar-refractivity contribution is 5.21. The molecule has 2 N–H and O–H groups in total. The summed E-state index contributed by atoms with van der Waals surface area (Å²) in [7, 11) is 0. The summed E-state index contributed by atoms with van der Waals surface area (Å²) in [5.74, 6) is 0.539. The molecule has 0 aromatic heterocycles. The van der Waals surface area contributed by atoms with Gasteiger partial charge >= 0.3 is 0 Å². The van der Waals surface area contributed by atoms with Crippen LogP contribution < -0.4 is 4.74 Å². The summed E-state index contributed by atoms with van der Waals surface area (Å²) in [6, 6.07) is 8.88. The largest absolute Gasteiger partial charge is 0.462 e. The van der Waals surface area contributed by atoms with Gasteiger partial charge in [-0.2, -0.15) is 0 Å². The van der Waals surface area contributed by atoms with E-state index in [4.69, 9.17) is 4.74 Å². The van der Waals surface area contributed by atoms with E-state index in [-0.39, 0.29) is 0 Å². The van der Waals surface area contributed by atoms with Gasteiger partial charge in [-0.3, -0.25) is 0 Å². The lowest BCUT2D eigenvalue weighted by molar-refractivity contribution is -0.150. The van der Waals surface area contributed by atoms with Crippen molar-refractivity contribution in [3.63, 3.8) is 0 Å². The Labute approximate surface area is 77.6 Å². The van der Waals surface area contributed by atoms with Crippen LogP contribution in [0.1, 0.15) is 13.8 Å². The molecule has 1 atom stereocenters. The summed E-state index contributed by atoms with van der Waals surface area (Å²) in [5.41, 5.74) is -1.25. The number of benzene rings is 1. The van der Waals surface area contributed by atoms with Crippen molar-refractivity contribution in [2.45, 2.75) is 25.7 Å². The lowest BCUT2D eigenvalue weighted by Gasteiger charge is -2.24. The fraction of sp³-hybridized carbons (Fsp3) is 0.400. The fourth-order valence-electron chi connectivity index (χ4n) is 0.772. The third-order valence-corrected chi connectivity index (χ3v) is 1.60. The van der Waals surface area contributed by atoms with Crippen LogP contribution in [-0.4, -0.2) is 22.1 Å². The second-order valence-corrected chi connectivity index (χ2v) is 3.44. The molecule has 1 aromatic carbocycles. The minimum absolute atomic E-state index is 0.539. The number of aliphatic hydroxyl groups excluding tert-OH is 1. The molecule has 3 heteroatoms. The molecule has 0 heterocycles. The predicted molar refractivity (Wildman–Crippen MR) is 49.4 cm³/mol. The smallest absolute Gasteiger partial charge is 0.225 e. The second-order valence-electron chi connectivity index (χ2n) is 3.44. The van der Waals surface area contributed by atoms with Gasteiger partial charge in [0.05, 0.1) is 0 Å². The molecule has 0 aliphatic carbocycles. The van der Waals surface area contributed by atoms with Crippen LogP contribution in [-0.2, 0) is 0 Å². The molecule has 1 rings (SSSR count). The van der Waals surface area contributed by atoms with Crippen LogP contribution in [0.25, 0.3) is 0 Å². The Morgan fingerprint density at radius 1 is 1.23 bits per heavy atom. The number of ether oxygens (including phenoxy) is 1. The molecular formula is C10H14O3. The average Bonchev–Trinajstić information content (AvgIpc) is 2.04. The minimum atomic E-state index is -1.25. The summed E-state index contributed by atoms with van der Waals surface area (Å²) < 4.78 is 5.08. The molecule has 0 amide bonds. The van der Waals surface area contributed by atoms with E-state index in [0.29, 0.717) is 5.75 Å². The van der Waals surface area contributed by atoms with Gasteiger partial charge in [0.15, 0.2) is 0 Å². The predicted octanol–water partition coefficient (Wildman–Crippen LogP) is 1.15. The van der Waals surface area contributed by atoms with Crippen molar-refractivity contribution in [3.05, 3.63) is 30.3 Å². The molecular weight excluding hydrogens is 168 g/mol. The summed E-state index contributed by atoms with van der Waals surface area (Å²) in [6.45, 7) is 2.97. The third kappa shape index (κ3) is 3.05. The Morgan fingerprint density at radius 3 is 2.23 bits per heavy atom. The first-order valence-electron chi connectivity index (χ1n) is 4.12. The van der Waals surface area contributed by atoms with E-state index < -0.39 is 11.9 Å². The van der Waals surface area contributed by atoms with E-state index in [1.54, 1.807) is 24.3 Å². The van der Waals surface area contributed by atoms with Crippen molar-refractivity contribution in [3.8, 4) is 5.75 Å². The van der Waals surface area contributed by atoms with E-state index in [1.165, 1.54) is 13.8 Å². The lowest BCUT2D eigenvalue weighted by atomic mass is 10.1. The van der Waals surface area contributed by atoms with Gasteiger partial charge in [0.1, 0.15) is 11.4 Å². The summed E-state index contributed by atoms with van der Waals surface area (Å²) in [5, 5.41) is 18.7. The van der Waals surface area contributed by atoms with Gasteiger partial charge in [0, 0.05) is 0 Å². The van der Waals surface area contributed by atoms with E-state index in [9.17, 15) is 10.2 Å².